The molecule has 2 aromatic heterocycles. The van der Waals surface area contributed by atoms with Crippen LogP contribution in [0.1, 0.15) is 43.7 Å². The monoisotopic (exact) mass is 449 g/mol. The predicted molar refractivity (Wildman–Crippen MR) is 126 cm³/mol. The second-order valence-electron chi connectivity index (χ2n) is 8.54. The van der Waals surface area contributed by atoms with E-state index >= 15 is 0 Å². The summed E-state index contributed by atoms with van der Waals surface area (Å²) in [5, 5.41) is 31.5. The van der Waals surface area contributed by atoms with Gasteiger partial charge in [0.05, 0.1) is 7.11 Å². The summed E-state index contributed by atoms with van der Waals surface area (Å²) < 4.78 is 11.5. The van der Waals surface area contributed by atoms with Crippen LogP contribution >= 0.6 is 0 Å². The molecule has 0 aliphatic heterocycles. The predicted octanol–water partition coefficient (Wildman–Crippen LogP) is 5.48. The SMILES string of the molecule is COc1c(O)c([C@H](CCC(C)C)c2cc[nH]c2)c2oc(-c3ccc(O)cc3)cc(=O)c2c1O. The van der Waals surface area contributed by atoms with Gasteiger partial charge in [-0.05, 0) is 48.2 Å². The van der Waals surface area contributed by atoms with E-state index < -0.39 is 11.2 Å². The van der Waals surface area contributed by atoms with Crippen molar-refractivity contribution >= 4 is 11.0 Å². The van der Waals surface area contributed by atoms with Gasteiger partial charge in [0, 0.05) is 35.5 Å². The first-order chi connectivity index (χ1) is 15.8. The van der Waals surface area contributed by atoms with Gasteiger partial charge in [0.2, 0.25) is 5.75 Å². The van der Waals surface area contributed by atoms with Crippen molar-refractivity contribution in [1.82, 2.24) is 4.98 Å². The minimum atomic E-state index is -0.465. The molecule has 0 radical (unpaired) electrons. The number of fused-ring (bicyclic) bond motifs is 1. The number of aromatic hydroxyl groups is 3. The highest BCUT2D eigenvalue weighted by Gasteiger charge is 2.30. The highest BCUT2D eigenvalue weighted by molar-refractivity contribution is 5.93. The topological polar surface area (TPSA) is 116 Å². The number of aromatic nitrogens is 1. The van der Waals surface area contributed by atoms with Gasteiger partial charge in [-0.25, -0.2) is 0 Å². The molecule has 7 heteroatoms. The van der Waals surface area contributed by atoms with E-state index in [-0.39, 0.29) is 39.9 Å². The molecule has 0 saturated carbocycles. The number of aromatic amines is 1. The fourth-order valence-electron chi connectivity index (χ4n) is 4.18. The number of hydrogen-bond donors (Lipinski definition) is 4. The Morgan fingerprint density at radius 1 is 1.03 bits per heavy atom. The average Bonchev–Trinajstić information content (AvgIpc) is 3.30. The summed E-state index contributed by atoms with van der Waals surface area (Å²) in [5.74, 6) is -0.433. The van der Waals surface area contributed by atoms with E-state index in [2.05, 4.69) is 18.8 Å². The van der Waals surface area contributed by atoms with Crippen LogP contribution in [0.2, 0.25) is 0 Å². The lowest BCUT2D eigenvalue weighted by atomic mass is 9.85. The minimum Gasteiger partial charge on any atom is -0.508 e. The van der Waals surface area contributed by atoms with E-state index in [1.54, 1.807) is 18.3 Å². The van der Waals surface area contributed by atoms with Crippen molar-refractivity contribution in [2.24, 2.45) is 5.92 Å². The van der Waals surface area contributed by atoms with Crippen LogP contribution in [0.5, 0.6) is 23.0 Å². The maximum absolute atomic E-state index is 13.2. The third kappa shape index (κ3) is 4.14. The van der Waals surface area contributed by atoms with Gasteiger partial charge < -0.3 is 29.5 Å². The average molecular weight is 450 g/mol. The number of phenols is 3. The Morgan fingerprint density at radius 2 is 1.76 bits per heavy atom. The molecule has 0 bridgehead atoms. The second kappa shape index (κ2) is 8.94. The third-order valence-electron chi connectivity index (χ3n) is 5.88. The molecule has 0 fully saturated rings. The summed E-state index contributed by atoms with van der Waals surface area (Å²) in [4.78, 5) is 16.2. The highest BCUT2D eigenvalue weighted by Crippen LogP contribution is 2.50. The summed E-state index contributed by atoms with van der Waals surface area (Å²) in [5.41, 5.74) is 1.52. The number of hydrogen-bond acceptors (Lipinski definition) is 6. The lowest BCUT2D eigenvalue weighted by molar-refractivity contribution is 0.342. The molecular weight excluding hydrogens is 422 g/mol. The fraction of sp³-hybridized carbons (Fsp3) is 0.269. The highest BCUT2D eigenvalue weighted by atomic mass is 16.5. The summed E-state index contributed by atoms with van der Waals surface area (Å²) in [7, 11) is 1.33. The Balaban J connectivity index is 2.05. The van der Waals surface area contributed by atoms with Gasteiger partial charge in [-0.3, -0.25) is 4.79 Å². The van der Waals surface area contributed by atoms with E-state index in [0.29, 0.717) is 23.5 Å². The lowest BCUT2D eigenvalue weighted by Gasteiger charge is -2.22. The Morgan fingerprint density at radius 3 is 2.36 bits per heavy atom. The van der Waals surface area contributed by atoms with E-state index in [4.69, 9.17) is 9.15 Å². The van der Waals surface area contributed by atoms with Crippen LogP contribution in [-0.4, -0.2) is 27.4 Å². The van der Waals surface area contributed by atoms with Crippen molar-refractivity contribution in [3.8, 4) is 34.3 Å². The number of H-pyrrole nitrogens is 1. The number of benzene rings is 2. The van der Waals surface area contributed by atoms with Crippen LogP contribution in [0.15, 0.2) is 58.0 Å². The zero-order chi connectivity index (χ0) is 23.7. The van der Waals surface area contributed by atoms with Crippen molar-refractivity contribution in [1.29, 1.82) is 0 Å². The maximum Gasteiger partial charge on any atom is 0.204 e. The standard InChI is InChI=1S/C26H27NO6/c1-14(2)4-9-18(16-10-11-27-13-16)21-23(30)26(32-3)24(31)22-19(29)12-20(33-25(21)22)15-5-7-17(28)8-6-15/h5-8,10-14,18,27-28,30-31H,4,9H2,1-3H3/t18-/m1/s1. The van der Waals surface area contributed by atoms with Crippen molar-refractivity contribution < 1.29 is 24.5 Å². The zero-order valence-electron chi connectivity index (χ0n) is 18.8. The molecule has 4 rings (SSSR count). The van der Waals surface area contributed by atoms with Crippen LogP contribution in [-0.2, 0) is 0 Å². The van der Waals surface area contributed by atoms with Crippen molar-refractivity contribution in [3.63, 3.8) is 0 Å². The van der Waals surface area contributed by atoms with Crippen molar-refractivity contribution in [3.05, 3.63) is 70.1 Å². The first-order valence-electron chi connectivity index (χ1n) is 10.8. The molecule has 0 unspecified atom stereocenters. The normalized spacial score (nSPS) is 12.4. The number of ether oxygens (including phenoxy) is 1. The molecule has 4 N–H and O–H groups in total. The second-order valence-corrected chi connectivity index (χ2v) is 8.54. The molecule has 2 heterocycles. The molecule has 7 nitrogen and oxygen atoms in total. The Hall–Kier alpha value is -3.87. The van der Waals surface area contributed by atoms with Gasteiger partial charge in [-0.1, -0.05) is 20.3 Å². The summed E-state index contributed by atoms with van der Waals surface area (Å²) in [6.07, 6.45) is 5.19. The maximum atomic E-state index is 13.2. The van der Waals surface area contributed by atoms with Gasteiger partial charge in [-0.15, -0.1) is 0 Å². The van der Waals surface area contributed by atoms with Crippen molar-refractivity contribution in [2.75, 3.05) is 7.11 Å². The molecule has 0 spiro atoms. The molecule has 33 heavy (non-hydrogen) atoms. The van der Waals surface area contributed by atoms with Crippen molar-refractivity contribution in [2.45, 2.75) is 32.6 Å². The van der Waals surface area contributed by atoms with E-state index in [1.165, 1.54) is 25.3 Å². The number of phenolic OH excluding ortho intramolecular Hbond substituents is 3. The summed E-state index contributed by atoms with van der Waals surface area (Å²) in [6.45, 7) is 4.24. The van der Waals surface area contributed by atoms with Crippen LogP contribution in [0.4, 0.5) is 0 Å². The Labute approximate surface area is 190 Å². The van der Waals surface area contributed by atoms with Gasteiger partial charge in [0.15, 0.2) is 16.9 Å². The molecule has 0 aliphatic rings. The van der Waals surface area contributed by atoms with Crippen LogP contribution in [0.25, 0.3) is 22.3 Å². The van der Waals surface area contributed by atoms with Gasteiger partial charge >= 0.3 is 0 Å². The first-order valence-corrected chi connectivity index (χ1v) is 10.8. The minimum absolute atomic E-state index is 0.0488. The first kappa shape index (κ1) is 22.3. The molecular formula is C26H27NO6. The quantitative estimate of drug-likeness (QED) is 0.297. The molecule has 2 aromatic carbocycles. The van der Waals surface area contributed by atoms with Gasteiger partial charge in [0.1, 0.15) is 22.5 Å². The smallest absolute Gasteiger partial charge is 0.204 e. The molecule has 0 saturated heterocycles. The fourth-order valence-corrected chi connectivity index (χ4v) is 4.18. The zero-order valence-corrected chi connectivity index (χ0v) is 18.8. The lowest BCUT2D eigenvalue weighted by Crippen LogP contribution is -2.09. The van der Waals surface area contributed by atoms with E-state index in [0.717, 1.165) is 12.0 Å². The van der Waals surface area contributed by atoms with Gasteiger partial charge in [0.25, 0.3) is 0 Å². The number of methoxy groups -OCH3 is 1. The third-order valence-corrected chi connectivity index (χ3v) is 5.88. The number of rotatable bonds is 7. The van der Waals surface area contributed by atoms with Crippen LogP contribution < -0.4 is 10.2 Å². The van der Waals surface area contributed by atoms with E-state index in [9.17, 15) is 20.1 Å². The molecule has 1 atom stereocenters. The van der Waals surface area contributed by atoms with Crippen LogP contribution in [0, 0.1) is 5.92 Å². The molecule has 0 aliphatic carbocycles. The molecule has 172 valence electrons. The largest absolute Gasteiger partial charge is 0.508 e. The molecule has 0 amide bonds. The van der Waals surface area contributed by atoms with Gasteiger partial charge in [-0.2, -0.15) is 0 Å². The molecule has 4 aromatic rings. The Bertz CT molecular complexity index is 1320. The number of nitrogens with one attached hydrogen (secondary N) is 1. The Kier molecular flexibility index (Phi) is 6.05. The van der Waals surface area contributed by atoms with E-state index in [1.807, 2.05) is 12.3 Å². The summed E-state index contributed by atoms with van der Waals surface area (Å²) in [6, 6.07) is 9.45. The summed E-state index contributed by atoms with van der Waals surface area (Å²) >= 11 is 0. The van der Waals surface area contributed by atoms with Crippen LogP contribution in [0.3, 0.4) is 0 Å².